The first-order valence-electron chi connectivity index (χ1n) is 7.86. The van der Waals surface area contributed by atoms with E-state index >= 15 is 0 Å². The van der Waals surface area contributed by atoms with Crippen LogP contribution in [0.4, 0.5) is 11.4 Å². The van der Waals surface area contributed by atoms with Gasteiger partial charge in [0.25, 0.3) is 0 Å². The van der Waals surface area contributed by atoms with Gasteiger partial charge in [0.2, 0.25) is 5.91 Å². The molecule has 0 fully saturated rings. The van der Waals surface area contributed by atoms with Crippen molar-refractivity contribution in [2.24, 2.45) is 0 Å². The van der Waals surface area contributed by atoms with Crippen molar-refractivity contribution in [3.8, 4) is 0 Å². The molecule has 0 bridgehead atoms. The summed E-state index contributed by atoms with van der Waals surface area (Å²) < 4.78 is 0.995. The zero-order chi connectivity index (χ0) is 17.7. The van der Waals surface area contributed by atoms with E-state index in [2.05, 4.69) is 50.4 Å². The van der Waals surface area contributed by atoms with Crippen molar-refractivity contribution in [1.29, 1.82) is 0 Å². The normalized spacial score (nSPS) is 10.8. The van der Waals surface area contributed by atoms with E-state index in [9.17, 15) is 4.79 Å². The summed E-state index contributed by atoms with van der Waals surface area (Å²) in [6.07, 6.45) is 0. The van der Waals surface area contributed by atoms with Gasteiger partial charge in [-0.1, -0.05) is 34.1 Å². The molecule has 0 aliphatic rings. The molecule has 0 saturated heterocycles. The van der Waals surface area contributed by atoms with E-state index in [-0.39, 0.29) is 5.91 Å². The number of benzene rings is 2. The number of halogens is 1. The molecule has 0 aromatic heterocycles. The van der Waals surface area contributed by atoms with Crippen LogP contribution in [0.15, 0.2) is 46.9 Å². The van der Waals surface area contributed by atoms with Gasteiger partial charge < -0.3 is 10.2 Å². The van der Waals surface area contributed by atoms with Gasteiger partial charge in [0.1, 0.15) is 0 Å². The topological polar surface area (TPSA) is 35.6 Å². The van der Waals surface area contributed by atoms with Crippen molar-refractivity contribution in [1.82, 2.24) is 4.90 Å². The maximum absolute atomic E-state index is 12.2. The fourth-order valence-corrected chi connectivity index (χ4v) is 2.76. The van der Waals surface area contributed by atoms with E-state index in [1.54, 1.807) is 0 Å². The van der Waals surface area contributed by atoms with Crippen molar-refractivity contribution < 1.29 is 4.79 Å². The number of nitrogens with zero attached hydrogens (tertiary/aromatic N) is 2. The highest BCUT2D eigenvalue weighted by Gasteiger charge is 2.08. The first-order chi connectivity index (χ1) is 11.3. The van der Waals surface area contributed by atoms with Crippen LogP contribution in [0.25, 0.3) is 0 Å². The second-order valence-corrected chi connectivity index (χ2v) is 7.10. The van der Waals surface area contributed by atoms with E-state index in [1.165, 1.54) is 11.3 Å². The van der Waals surface area contributed by atoms with Crippen LogP contribution < -0.4 is 10.2 Å². The van der Waals surface area contributed by atoms with Crippen molar-refractivity contribution in [2.75, 3.05) is 37.9 Å². The maximum Gasteiger partial charge on any atom is 0.238 e. The molecule has 2 aromatic carbocycles. The van der Waals surface area contributed by atoms with Crippen LogP contribution >= 0.6 is 15.9 Å². The monoisotopic (exact) mass is 389 g/mol. The molecule has 2 aromatic rings. The zero-order valence-electron chi connectivity index (χ0n) is 14.6. The second-order valence-electron chi connectivity index (χ2n) is 6.25. The molecule has 128 valence electrons. The SMILES string of the molecule is Cc1ccc(NC(=O)CN(C)Cc2ccc(N(C)C)cc2)cc1Br. The summed E-state index contributed by atoms with van der Waals surface area (Å²) in [5.74, 6) is -0.0156. The molecule has 1 amide bonds. The lowest BCUT2D eigenvalue weighted by atomic mass is 10.2. The third kappa shape index (κ3) is 5.35. The molecule has 0 saturated carbocycles. The van der Waals surface area contributed by atoms with Crippen molar-refractivity contribution in [3.05, 3.63) is 58.1 Å². The Morgan fingerprint density at radius 3 is 2.33 bits per heavy atom. The summed E-state index contributed by atoms with van der Waals surface area (Å²) in [6.45, 7) is 3.10. The van der Waals surface area contributed by atoms with Gasteiger partial charge in [0.15, 0.2) is 0 Å². The largest absolute Gasteiger partial charge is 0.378 e. The molecular formula is C19H24BrN3O. The summed E-state index contributed by atoms with van der Waals surface area (Å²) in [7, 11) is 5.99. The predicted molar refractivity (Wildman–Crippen MR) is 105 cm³/mol. The molecule has 4 nitrogen and oxygen atoms in total. The van der Waals surface area contributed by atoms with Gasteiger partial charge in [0.05, 0.1) is 6.54 Å². The minimum atomic E-state index is -0.0156. The van der Waals surface area contributed by atoms with E-state index in [0.717, 1.165) is 22.3 Å². The Kier molecular flexibility index (Phi) is 6.40. The average Bonchev–Trinajstić information content (AvgIpc) is 2.51. The standard InChI is InChI=1S/C19H24BrN3O/c1-14-5-8-16(11-18(14)20)21-19(24)13-23(4)12-15-6-9-17(10-7-15)22(2)3/h5-11H,12-13H2,1-4H3,(H,21,24). The van der Waals surface area contributed by atoms with Gasteiger partial charge >= 0.3 is 0 Å². The van der Waals surface area contributed by atoms with Crippen LogP contribution in [0, 0.1) is 6.92 Å². The third-order valence-corrected chi connectivity index (χ3v) is 4.63. The first kappa shape index (κ1) is 18.5. The lowest BCUT2D eigenvalue weighted by molar-refractivity contribution is -0.117. The average molecular weight is 390 g/mol. The van der Waals surface area contributed by atoms with Crippen LogP contribution in [0.1, 0.15) is 11.1 Å². The number of likely N-dealkylation sites (N-methyl/N-ethyl adjacent to an activating group) is 1. The number of carbonyl (C=O) groups excluding carboxylic acids is 1. The number of carbonyl (C=O) groups is 1. The van der Waals surface area contributed by atoms with Gasteiger partial charge in [0, 0.05) is 36.5 Å². The smallest absolute Gasteiger partial charge is 0.238 e. The Balaban J connectivity index is 1.87. The van der Waals surface area contributed by atoms with Crippen molar-refractivity contribution >= 4 is 33.2 Å². The molecule has 0 heterocycles. The second kappa shape index (κ2) is 8.31. The van der Waals surface area contributed by atoms with Gasteiger partial charge in [-0.05, 0) is 49.4 Å². The molecule has 0 radical (unpaired) electrons. The molecule has 24 heavy (non-hydrogen) atoms. The van der Waals surface area contributed by atoms with Crippen LogP contribution in [0.2, 0.25) is 0 Å². The van der Waals surface area contributed by atoms with Crippen LogP contribution in [-0.4, -0.2) is 38.5 Å². The van der Waals surface area contributed by atoms with Crippen LogP contribution in [-0.2, 0) is 11.3 Å². The molecular weight excluding hydrogens is 366 g/mol. The summed E-state index contributed by atoms with van der Waals surface area (Å²) in [4.78, 5) is 16.3. The number of anilines is 2. The number of rotatable bonds is 6. The van der Waals surface area contributed by atoms with E-state index < -0.39 is 0 Å². The minimum Gasteiger partial charge on any atom is -0.378 e. The first-order valence-corrected chi connectivity index (χ1v) is 8.65. The maximum atomic E-state index is 12.2. The predicted octanol–water partition coefficient (Wildman–Crippen LogP) is 3.89. The highest BCUT2D eigenvalue weighted by atomic mass is 79.9. The Morgan fingerprint density at radius 1 is 1.08 bits per heavy atom. The lowest BCUT2D eigenvalue weighted by Gasteiger charge is -2.18. The van der Waals surface area contributed by atoms with Crippen LogP contribution in [0.3, 0.4) is 0 Å². The third-order valence-electron chi connectivity index (χ3n) is 3.77. The minimum absolute atomic E-state index is 0.0156. The summed E-state index contributed by atoms with van der Waals surface area (Å²) in [6, 6.07) is 14.2. The van der Waals surface area contributed by atoms with Gasteiger partial charge in [-0.3, -0.25) is 9.69 Å². The molecule has 0 atom stereocenters. The fourth-order valence-electron chi connectivity index (χ4n) is 2.38. The van der Waals surface area contributed by atoms with E-state index in [0.29, 0.717) is 6.54 Å². The van der Waals surface area contributed by atoms with Gasteiger partial charge in [-0.2, -0.15) is 0 Å². The van der Waals surface area contributed by atoms with Crippen molar-refractivity contribution in [2.45, 2.75) is 13.5 Å². The highest BCUT2D eigenvalue weighted by molar-refractivity contribution is 9.10. The number of aryl methyl sites for hydroxylation is 1. The molecule has 2 rings (SSSR count). The Morgan fingerprint density at radius 2 is 1.75 bits per heavy atom. The Bertz CT molecular complexity index is 698. The number of hydrogen-bond acceptors (Lipinski definition) is 3. The molecule has 0 unspecified atom stereocenters. The highest BCUT2D eigenvalue weighted by Crippen LogP contribution is 2.20. The molecule has 5 heteroatoms. The Labute approximate surface area is 152 Å². The van der Waals surface area contributed by atoms with Gasteiger partial charge in [-0.15, -0.1) is 0 Å². The molecule has 0 aliphatic carbocycles. The van der Waals surface area contributed by atoms with E-state index in [1.807, 2.05) is 51.2 Å². The summed E-state index contributed by atoms with van der Waals surface area (Å²) in [5, 5.41) is 2.93. The summed E-state index contributed by atoms with van der Waals surface area (Å²) >= 11 is 3.48. The lowest BCUT2D eigenvalue weighted by Crippen LogP contribution is -2.29. The summed E-state index contributed by atoms with van der Waals surface area (Å²) in [5.41, 5.74) is 4.31. The number of hydrogen-bond donors (Lipinski definition) is 1. The molecule has 0 spiro atoms. The number of amides is 1. The van der Waals surface area contributed by atoms with Crippen LogP contribution in [0.5, 0.6) is 0 Å². The number of nitrogens with one attached hydrogen (secondary N) is 1. The van der Waals surface area contributed by atoms with E-state index in [4.69, 9.17) is 0 Å². The molecule has 1 N–H and O–H groups in total. The fraction of sp³-hybridized carbons (Fsp3) is 0.316. The Hall–Kier alpha value is -1.85. The zero-order valence-corrected chi connectivity index (χ0v) is 16.2. The molecule has 0 aliphatic heterocycles. The van der Waals surface area contributed by atoms with Gasteiger partial charge in [-0.25, -0.2) is 0 Å². The van der Waals surface area contributed by atoms with Crippen molar-refractivity contribution in [3.63, 3.8) is 0 Å². The quantitative estimate of drug-likeness (QED) is 0.813.